The molecule has 1 aromatic heterocycles. The molecule has 0 aromatic carbocycles. The van der Waals surface area contributed by atoms with Gasteiger partial charge >= 0.3 is 0 Å². The molecule has 1 aliphatic rings. The highest BCUT2D eigenvalue weighted by molar-refractivity contribution is 4.82. The molecule has 2 rings (SSSR count). The van der Waals surface area contributed by atoms with Crippen molar-refractivity contribution in [2.24, 2.45) is 0 Å². The van der Waals surface area contributed by atoms with Crippen LogP contribution in [0.5, 0.6) is 0 Å². The van der Waals surface area contributed by atoms with E-state index < -0.39 is 0 Å². The fourth-order valence-corrected chi connectivity index (χ4v) is 2.71. The van der Waals surface area contributed by atoms with Crippen molar-refractivity contribution in [3.63, 3.8) is 0 Å². The molecule has 4 nitrogen and oxygen atoms in total. The monoisotopic (exact) mass is 237 g/mol. The molecule has 17 heavy (non-hydrogen) atoms. The standard InChI is InChI=1S/C13H23N3O/c1-10(8-16-5-4-14-9-16)15-13-6-11(2)17-12(3)7-13/h4-5,9-13,15H,6-8H2,1-3H3. The molecule has 0 saturated carbocycles. The fourth-order valence-electron chi connectivity index (χ4n) is 2.71. The second-order valence-electron chi connectivity index (χ2n) is 5.25. The molecule has 1 N–H and O–H groups in total. The predicted octanol–water partition coefficient (Wildman–Crippen LogP) is 1.82. The van der Waals surface area contributed by atoms with E-state index in [1.165, 1.54) is 0 Å². The minimum Gasteiger partial charge on any atom is -0.375 e. The Balaban J connectivity index is 1.79. The van der Waals surface area contributed by atoms with Crippen LogP contribution in [0.25, 0.3) is 0 Å². The molecule has 0 radical (unpaired) electrons. The lowest BCUT2D eigenvalue weighted by Gasteiger charge is -2.34. The van der Waals surface area contributed by atoms with Gasteiger partial charge in [-0.3, -0.25) is 0 Å². The summed E-state index contributed by atoms with van der Waals surface area (Å²) in [5.74, 6) is 0. The van der Waals surface area contributed by atoms with E-state index in [4.69, 9.17) is 4.74 Å². The van der Waals surface area contributed by atoms with Crippen LogP contribution in [0.2, 0.25) is 0 Å². The van der Waals surface area contributed by atoms with Crippen molar-refractivity contribution in [1.82, 2.24) is 14.9 Å². The zero-order valence-corrected chi connectivity index (χ0v) is 11.0. The van der Waals surface area contributed by atoms with Crippen molar-refractivity contribution in [3.05, 3.63) is 18.7 Å². The Bertz CT molecular complexity index is 315. The Morgan fingerprint density at radius 3 is 2.71 bits per heavy atom. The van der Waals surface area contributed by atoms with Crippen LogP contribution in [-0.2, 0) is 11.3 Å². The van der Waals surface area contributed by atoms with Gasteiger partial charge in [-0.1, -0.05) is 0 Å². The van der Waals surface area contributed by atoms with E-state index in [1.807, 2.05) is 18.7 Å². The molecule has 96 valence electrons. The van der Waals surface area contributed by atoms with Crippen molar-refractivity contribution in [3.8, 4) is 0 Å². The van der Waals surface area contributed by atoms with E-state index in [1.54, 1.807) is 0 Å². The summed E-state index contributed by atoms with van der Waals surface area (Å²) in [4.78, 5) is 4.06. The first-order valence-electron chi connectivity index (χ1n) is 6.50. The maximum Gasteiger partial charge on any atom is 0.0946 e. The molecule has 1 saturated heterocycles. The van der Waals surface area contributed by atoms with E-state index in [0.29, 0.717) is 24.3 Å². The normalized spacial score (nSPS) is 31.4. The Labute approximate surface area is 103 Å². The second-order valence-corrected chi connectivity index (χ2v) is 5.25. The molecule has 4 heteroatoms. The number of imidazole rings is 1. The third kappa shape index (κ3) is 3.82. The van der Waals surface area contributed by atoms with Gasteiger partial charge in [-0.15, -0.1) is 0 Å². The summed E-state index contributed by atoms with van der Waals surface area (Å²) in [6.45, 7) is 7.51. The van der Waals surface area contributed by atoms with Crippen molar-refractivity contribution in [1.29, 1.82) is 0 Å². The van der Waals surface area contributed by atoms with Gasteiger partial charge in [0.1, 0.15) is 0 Å². The van der Waals surface area contributed by atoms with Crippen LogP contribution in [0.4, 0.5) is 0 Å². The lowest BCUT2D eigenvalue weighted by atomic mass is 9.99. The third-order valence-corrected chi connectivity index (χ3v) is 3.26. The average Bonchev–Trinajstić information content (AvgIpc) is 2.67. The molecule has 0 spiro atoms. The number of nitrogens with zero attached hydrogens (tertiary/aromatic N) is 2. The molecule has 3 unspecified atom stereocenters. The molecule has 2 heterocycles. The van der Waals surface area contributed by atoms with Crippen LogP contribution in [0.15, 0.2) is 18.7 Å². The van der Waals surface area contributed by atoms with Crippen molar-refractivity contribution < 1.29 is 4.74 Å². The van der Waals surface area contributed by atoms with Crippen LogP contribution >= 0.6 is 0 Å². The number of ether oxygens (including phenoxy) is 1. The van der Waals surface area contributed by atoms with Crippen LogP contribution in [0.3, 0.4) is 0 Å². The first-order valence-corrected chi connectivity index (χ1v) is 6.50. The first-order chi connectivity index (χ1) is 8.13. The minimum atomic E-state index is 0.372. The van der Waals surface area contributed by atoms with Crippen LogP contribution in [-0.4, -0.2) is 33.8 Å². The molecular weight excluding hydrogens is 214 g/mol. The Morgan fingerprint density at radius 2 is 2.12 bits per heavy atom. The largest absolute Gasteiger partial charge is 0.375 e. The maximum absolute atomic E-state index is 5.75. The summed E-state index contributed by atoms with van der Waals surface area (Å²) in [5.41, 5.74) is 0. The highest BCUT2D eigenvalue weighted by atomic mass is 16.5. The van der Waals surface area contributed by atoms with Crippen LogP contribution < -0.4 is 5.32 Å². The Morgan fingerprint density at radius 1 is 1.41 bits per heavy atom. The number of aromatic nitrogens is 2. The topological polar surface area (TPSA) is 39.1 Å². The van der Waals surface area contributed by atoms with Crippen LogP contribution in [0.1, 0.15) is 33.6 Å². The smallest absolute Gasteiger partial charge is 0.0946 e. The maximum atomic E-state index is 5.75. The molecule has 1 aliphatic heterocycles. The molecular formula is C13H23N3O. The van der Waals surface area contributed by atoms with E-state index >= 15 is 0 Å². The van der Waals surface area contributed by atoms with E-state index in [-0.39, 0.29) is 0 Å². The molecule has 0 bridgehead atoms. The number of hydrogen-bond acceptors (Lipinski definition) is 3. The lowest BCUT2D eigenvalue weighted by Crippen LogP contribution is -2.45. The van der Waals surface area contributed by atoms with Gasteiger partial charge in [0.2, 0.25) is 0 Å². The van der Waals surface area contributed by atoms with E-state index in [0.717, 1.165) is 19.4 Å². The Hall–Kier alpha value is -0.870. The van der Waals surface area contributed by atoms with Gasteiger partial charge in [-0.2, -0.15) is 0 Å². The van der Waals surface area contributed by atoms with Gasteiger partial charge in [0.05, 0.1) is 18.5 Å². The van der Waals surface area contributed by atoms with Gasteiger partial charge < -0.3 is 14.6 Å². The molecule has 1 aromatic rings. The molecule has 0 aliphatic carbocycles. The SMILES string of the molecule is CC(Cn1ccnc1)NC1CC(C)OC(C)C1. The van der Waals surface area contributed by atoms with Crippen molar-refractivity contribution in [2.45, 2.75) is 64.4 Å². The van der Waals surface area contributed by atoms with E-state index in [9.17, 15) is 0 Å². The predicted molar refractivity (Wildman–Crippen MR) is 67.9 cm³/mol. The van der Waals surface area contributed by atoms with Crippen molar-refractivity contribution >= 4 is 0 Å². The van der Waals surface area contributed by atoms with Gasteiger partial charge in [0.15, 0.2) is 0 Å². The zero-order valence-electron chi connectivity index (χ0n) is 11.0. The number of rotatable bonds is 4. The molecule has 3 atom stereocenters. The van der Waals surface area contributed by atoms with Crippen molar-refractivity contribution in [2.75, 3.05) is 0 Å². The van der Waals surface area contributed by atoms with Crippen LogP contribution in [0, 0.1) is 0 Å². The summed E-state index contributed by atoms with van der Waals surface area (Å²) in [5, 5.41) is 3.69. The quantitative estimate of drug-likeness (QED) is 0.868. The summed E-state index contributed by atoms with van der Waals surface area (Å²) < 4.78 is 7.86. The highest BCUT2D eigenvalue weighted by Gasteiger charge is 2.25. The summed E-state index contributed by atoms with van der Waals surface area (Å²) in [6, 6.07) is 1.04. The van der Waals surface area contributed by atoms with Gasteiger partial charge in [-0.05, 0) is 33.6 Å². The summed E-state index contributed by atoms with van der Waals surface area (Å²) in [6.07, 6.45) is 8.66. The fraction of sp³-hybridized carbons (Fsp3) is 0.769. The van der Waals surface area contributed by atoms with Gasteiger partial charge in [0, 0.05) is 31.0 Å². The number of nitrogens with one attached hydrogen (secondary N) is 1. The highest BCUT2D eigenvalue weighted by Crippen LogP contribution is 2.19. The lowest BCUT2D eigenvalue weighted by molar-refractivity contribution is -0.0435. The van der Waals surface area contributed by atoms with E-state index in [2.05, 4.69) is 35.6 Å². The average molecular weight is 237 g/mol. The zero-order chi connectivity index (χ0) is 12.3. The Kier molecular flexibility index (Phi) is 4.18. The van der Waals surface area contributed by atoms with Gasteiger partial charge in [0.25, 0.3) is 0 Å². The molecule has 0 amide bonds. The number of hydrogen-bond donors (Lipinski definition) is 1. The molecule has 1 fully saturated rings. The van der Waals surface area contributed by atoms with Gasteiger partial charge in [-0.25, -0.2) is 4.98 Å². The summed E-state index contributed by atoms with van der Waals surface area (Å²) >= 11 is 0. The third-order valence-electron chi connectivity index (χ3n) is 3.26. The minimum absolute atomic E-state index is 0.372. The first kappa shape index (κ1) is 12.6. The second kappa shape index (κ2) is 5.65. The summed E-state index contributed by atoms with van der Waals surface area (Å²) in [7, 11) is 0.